The maximum atomic E-state index is 13.7. The highest BCUT2D eigenvalue weighted by molar-refractivity contribution is 7.55. The molecule has 0 aliphatic carbocycles. The third-order valence-electron chi connectivity index (χ3n) is 6.04. The molecule has 3 aromatic rings. The minimum Gasteiger partial charge on any atom is -0.421 e. The van der Waals surface area contributed by atoms with Crippen molar-refractivity contribution >= 4 is 21.2 Å². The Kier molecular flexibility index (Phi) is 10.2. The van der Waals surface area contributed by atoms with Gasteiger partial charge in [0, 0.05) is 19.5 Å². The summed E-state index contributed by atoms with van der Waals surface area (Å²) in [6.45, 7) is 7.57. The van der Waals surface area contributed by atoms with Gasteiger partial charge >= 0.3 is 15.3 Å². The van der Waals surface area contributed by atoms with Gasteiger partial charge in [-0.3, -0.25) is 4.79 Å². The molecule has 1 aromatic carbocycles. The lowest BCUT2D eigenvalue weighted by atomic mass is 9.96. The SMILES string of the molecule is CCNC(=O)c1noc(-c2cc(C(C)C)c(OP(=O)(NC)N(C)C)cc2OP(=O)(NC)N(C)C)c1-c1noc(C)n1. The number of rotatable bonds is 13. The van der Waals surface area contributed by atoms with E-state index in [0.717, 1.165) is 0 Å². The highest BCUT2D eigenvalue weighted by atomic mass is 31.2. The summed E-state index contributed by atoms with van der Waals surface area (Å²) in [5.74, 6) is 0.00830. The summed E-state index contributed by atoms with van der Waals surface area (Å²) in [6, 6.07) is 3.18. The molecular weight excluding hydrogens is 574 g/mol. The third kappa shape index (κ3) is 6.72. The van der Waals surface area contributed by atoms with E-state index in [-0.39, 0.29) is 51.7 Å². The fraction of sp³-hybridized carbons (Fsp3) is 0.500. The predicted octanol–water partition coefficient (Wildman–Crippen LogP) is 4.11. The van der Waals surface area contributed by atoms with Crippen LogP contribution in [0.15, 0.2) is 21.2 Å². The van der Waals surface area contributed by atoms with Gasteiger partial charge in [-0.25, -0.2) is 28.6 Å². The number of aromatic nitrogens is 3. The topological polar surface area (TPSA) is 177 Å². The van der Waals surface area contributed by atoms with Crippen LogP contribution in [0, 0.1) is 6.92 Å². The summed E-state index contributed by atoms with van der Waals surface area (Å²) in [7, 11) is 2.30. The number of carbonyl (C=O) groups is 1. The van der Waals surface area contributed by atoms with Crippen LogP contribution in [0.1, 0.15) is 48.6 Å². The van der Waals surface area contributed by atoms with E-state index in [9.17, 15) is 13.9 Å². The smallest absolute Gasteiger partial charge is 0.392 e. The molecule has 2 unspecified atom stereocenters. The average molecular weight is 613 g/mol. The van der Waals surface area contributed by atoms with Gasteiger partial charge in [0.15, 0.2) is 11.5 Å². The van der Waals surface area contributed by atoms with E-state index in [1.807, 2.05) is 13.8 Å². The van der Waals surface area contributed by atoms with Crippen LogP contribution in [0.3, 0.4) is 0 Å². The van der Waals surface area contributed by atoms with Crippen molar-refractivity contribution in [2.45, 2.75) is 33.6 Å². The van der Waals surface area contributed by atoms with Crippen LogP contribution >= 0.6 is 15.3 Å². The van der Waals surface area contributed by atoms with Crippen molar-refractivity contribution in [3.63, 3.8) is 0 Å². The van der Waals surface area contributed by atoms with E-state index in [2.05, 4.69) is 30.8 Å². The number of nitrogens with zero attached hydrogens (tertiary/aromatic N) is 5. The van der Waals surface area contributed by atoms with E-state index in [4.69, 9.17) is 18.1 Å². The van der Waals surface area contributed by atoms with Gasteiger partial charge in [-0.15, -0.1) is 0 Å². The maximum Gasteiger partial charge on any atom is 0.392 e. The molecule has 15 nitrogen and oxygen atoms in total. The van der Waals surface area contributed by atoms with E-state index in [1.54, 1.807) is 48.1 Å². The van der Waals surface area contributed by atoms with E-state index >= 15 is 0 Å². The van der Waals surface area contributed by atoms with Gasteiger partial charge in [0.05, 0.1) is 5.56 Å². The van der Waals surface area contributed by atoms with Crippen LogP contribution < -0.4 is 24.5 Å². The highest BCUT2D eigenvalue weighted by Gasteiger charge is 2.35. The number of amides is 1. The van der Waals surface area contributed by atoms with Gasteiger partial charge in [0.25, 0.3) is 5.91 Å². The van der Waals surface area contributed by atoms with Gasteiger partial charge in [-0.2, -0.15) is 4.98 Å². The molecule has 0 aliphatic heterocycles. The van der Waals surface area contributed by atoms with Gasteiger partial charge in [-0.1, -0.05) is 24.2 Å². The molecule has 0 saturated carbocycles. The van der Waals surface area contributed by atoms with Crippen molar-refractivity contribution in [2.24, 2.45) is 0 Å². The van der Waals surface area contributed by atoms with E-state index in [0.29, 0.717) is 12.1 Å². The molecular formula is C24H38N8O7P2. The summed E-state index contributed by atoms with van der Waals surface area (Å²) >= 11 is 0. The second kappa shape index (κ2) is 12.8. The molecule has 0 spiro atoms. The minimum atomic E-state index is -3.64. The first-order valence-corrected chi connectivity index (χ1v) is 16.0. The summed E-state index contributed by atoms with van der Waals surface area (Å²) in [6.07, 6.45) is 0. The zero-order valence-corrected chi connectivity index (χ0v) is 26.7. The van der Waals surface area contributed by atoms with Crippen molar-refractivity contribution in [3.05, 3.63) is 29.3 Å². The molecule has 0 aliphatic rings. The number of hydrogen-bond acceptors (Lipinski definition) is 10. The van der Waals surface area contributed by atoms with Crippen LogP contribution in [0.2, 0.25) is 0 Å². The zero-order valence-electron chi connectivity index (χ0n) is 24.9. The normalized spacial score (nSPS) is 14.8. The van der Waals surface area contributed by atoms with Crippen LogP contribution in [-0.2, 0) is 9.13 Å². The molecule has 2 atom stereocenters. The van der Waals surface area contributed by atoms with Crippen LogP contribution in [-0.4, -0.2) is 79.4 Å². The summed E-state index contributed by atoms with van der Waals surface area (Å²) in [5, 5.41) is 16.2. The predicted molar refractivity (Wildman–Crippen MR) is 154 cm³/mol. The first kappa shape index (κ1) is 32.5. The summed E-state index contributed by atoms with van der Waals surface area (Å²) in [5.41, 5.74) is 0.985. The fourth-order valence-corrected chi connectivity index (χ4v) is 5.92. The molecule has 1 amide bonds. The Morgan fingerprint density at radius 1 is 0.976 bits per heavy atom. The standard InChI is InChI=1S/C24H38N8O7P2/c1-11-27-24(33)21-20(23-28-15(4)36-30-23)22(37-29-21)17-12-16(14(2)3)18(38-40(34,25-5)31(7)8)13-19(17)39-41(35,26-6)32(9)10/h12-14H,11H2,1-10H3,(H,25,34)(H,26,35)(H,27,33). The Hall–Kier alpha value is -3.06. The Bertz CT molecular complexity index is 1480. The molecule has 17 heteroatoms. The number of benzene rings is 1. The van der Waals surface area contributed by atoms with E-state index in [1.165, 1.54) is 29.5 Å². The van der Waals surface area contributed by atoms with Gasteiger partial charge in [-0.05, 0) is 66.8 Å². The Labute approximate surface area is 239 Å². The van der Waals surface area contributed by atoms with Gasteiger partial charge in [0.1, 0.15) is 17.1 Å². The lowest BCUT2D eigenvalue weighted by molar-refractivity contribution is 0.0947. The number of nitrogens with one attached hydrogen (secondary N) is 3. The van der Waals surface area contributed by atoms with E-state index < -0.39 is 21.2 Å². The molecule has 0 fully saturated rings. The monoisotopic (exact) mass is 612 g/mol. The van der Waals surface area contributed by atoms with Crippen LogP contribution in [0.25, 0.3) is 22.7 Å². The molecule has 3 rings (SSSR count). The summed E-state index contributed by atoms with van der Waals surface area (Å²) in [4.78, 5) is 17.2. The van der Waals surface area contributed by atoms with Crippen LogP contribution in [0.4, 0.5) is 0 Å². The van der Waals surface area contributed by atoms with Crippen molar-refractivity contribution in [3.8, 4) is 34.2 Å². The molecule has 0 saturated heterocycles. The van der Waals surface area contributed by atoms with Crippen molar-refractivity contribution in [2.75, 3.05) is 48.8 Å². The second-order valence-corrected chi connectivity index (χ2v) is 14.6. The molecule has 226 valence electrons. The largest absolute Gasteiger partial charge is 0.421 e. The second-order valence-electron chi connectivity index (χ2n) is 9.64. The number of carbonyl (C=O) groups excluding carboxylic acids is 1. The first-order chi connectivity index (χ1) is 19.2. The molecule has 0 radical (unpaired) electrons. The number of aryl methyl sites for hydroxylation is 1. The van der Waals surface area contributed by atoms with Crippen molar-refractivity contribution in [1.29, 1.82) is 0 Å². The van der Waals surface area contributed by atoms with Crippen LogP contribution in [0.5, 0.6) is 11.5 Å². The highest BCUT2D eigenvalue weighted by Crippen LogP contribution is 2.53. The molecule has 2 aromatic heterocycles. The van der Waals surface area contributed by atoms with Gasteiger partial charge in [0.2, 0.25) is 11.7 Å². The quantitative estimate of drug-likeness (QED) is 0.235. The fourth-order valence-electron chi connectivity index (χ4n) is 3.76. The van der Waals surface area contributed by atoms with Crippen molar-refractivity contribution < 1.29 is 32.0 Å². The average Bonchev–Trinajstić information content (AvgIpc) is 3.54. The molecule has 2 heterocycles. The van der Waals surface area contributed by atoms with Crippen molar-refractivity contribution in [1.82, 2.24) is 40.1 Å². The molecule has 41 heavy (non-hydrogen) atoms. The Balaban J connectivity index is 2.40. The minimum absolute atomic E-state index is 0.0391. The molecule has 0 bridgehead atoms. The third-order valence-corrected chi connectivity index (χ3v) is 10.2. The summed E-state index contributed by atoms with van der Waals surface area (Å²) < 4.78 is 53.1. The molecule has 3 N–H and O–H groups in total. The Morgan fingerprint density at radius 3 is 2.02 bits per heavy atom. The first-order valence-electron chi connectivity index (χ1n) is 12.8. The lowest BCUT2D eigenvalue weighted by Gasteiger charge is -2.28. The van der Waals surface area contributed by atoms with Gasteiger partial charge < -0.3 is 23.4 Å². The maximum absolute atomic E-state index is 13.7. The Morgan fingerprint density at radius 2 is 1.56 bits per heavy atom. The zero-order chi connectivity index (χ0) is 30.7. The number of hydrogen-bond donors (Lipinski definition) is 3. The lowest BCUT2D eigenvalue weighted by Crippen LogP contribution is -2.24.